The lowest BCUT2D eigenvalue weighted by Crippen LogP contribution is -2.30. The molecular formula is C59H98O8. The quantitative estimate of drug-likeness (QED) is 0.0155. The second-order valence-corrected chi connectivity index (χ2v) is 17.8. The van der Waals surface area contributed by atoms with Gasteiger partial charge in [-0.25, -0.2) is 0 Å². The molecule has 0 amide bonds. The summed E-state index contributed by atoms with van der Waals surface area (Å²) in [5, 5.41) is 20.3. The van der Waals surface area contributed by atoms with Gasteiger partial charge in [-0.1, -0.05) is 184 Å². The Morgan fingerprint density at radius 1 is 0.373 bits per heavy atom. The lowest BCUT2D eigenvalue weighted by molar-refractivity contribution is -0.167. The molecule has 2 N–H and O–H groups in total. The summed E-state index contributed by atoms with van der Waals surface area (Å²) < 4.78 is 16.6. The third kappa shape index (κ3) is 49.7. The first-order valence-electron chi connectivity index (χ1n) is 27.0. The van der Waals surface area contributed by atoms with Crippen molar-refractivity contribution in [1.82, 2.24) is 0 Å². The summed E-state index contributed by atoms with van der Waals surface area (Å²) in [7, 11) is 0. The topological polar surface area (TPSA) is 119 Å². The summed E-state index contributed by atoms with van der Waals surface area (Å²) in [5.41, 5.74) is 0. The summed E-state index contributed by atoms with van der Waals surface area (Å²) in [5.74, 6) is -0.727. The van der Waals surface area contributed by atoms with Crippen molar-refractivity contribution in [3.8, 4) is 0 Å². The minimum Gasteiger partial charge on any atom is -0.508 e. The zero-order valence-electron chi connectivity index (χ0n) is 43.0. The minimum atomic E-state index is -0.874. The molecule has 67 heavy (non-hydrogen) atoms. The normalized spacial score (nSPS) is 13.1. The molecule has 0 aromatic rings. The average Bonchev–Trinajstić information content (AvgIpc) is 3.32. The molecule has 0 heterocycles. The summed E-state index contributed by atoms with van der Waals surface area (Å²) in [6, 6.07) is 0. The Kier molecular flexibility index (Phi) is 48.2. The van der Waals surface area contributed by atoms with Crippen LogP contribution >= 0.6 is 0 Å². The minimum absolute atomic E-state index is 0.174. The Hall–Kier alpha value is -4.07. The van der Waals surface area contributed by atoms with E-state index in [2.05, 4.69) is 57.2 Å². The number of carbonyl (C=O) groups excluding carboxylic acids is 3. The number of rotatable bonds is 47. The second-order valence-electron chi connectivity index (χ2n) is 17.8. The van der Waals surface area contributed by atoms with Gasteiger partial charge in [0.15, 0.2) is 6.10 Å². The highest BCUT2D eigenvalue weighted by Gasteiger charge is 2.19. The molecular weight excluding hydrogens is 837 g/mol. The van der Waals surface area contributed by atoms with Crippen LogP contribution in [0, 0.1) is 0 Å². The summed E-state index contributed by atoms with van der Waals surface area (Å²) in [6.07, 6.45) is 60.6. The number of aliphatic hydroxyl groups excluding tert-OH is 2. The van der Waals surface area contributed by atoms with E-state index in [4.69, 9.17) is 14.2 Å². The van der Waals surface area contributed by atoms with Gasteiger partial charge in [0.05, 0.1) is 0 Å². The molecule has 0 bridgehead atoms. The van der Waals surface area contributed by atoms with Crippen LogP contribution < -0.4 is 0 Å². The molecule has 0 fully saturated rings. The lowest BCUT2D eigenvalue weighted by Gasteiger charge is -2.18. The van der Waals surface area contributed by atoms with E-state index in [0.29, 0.717) is 38.5 Å². The number of unbranched alkanes of at least 4 members (excludes halogenated alkanes) is 22. The van der Waals surface area contributed by atoms with Crippen LogP contribution in [0.1, 0.15) is 239 Å². The molecule has 0 saturated carbocycles. The van der Waals surface area contributed by atoms with Crippen molar-refractivity contribution < 1.29 is 38.8 Å². The standard InChI is InChI=1S/C59H98O8/c1-4-7-10-13-16-19-22-23-24-27-30-33-44-51-59(64)67-56(52-65-57(62)49-42-36-34-40-47-54(60)45-38-31-28-25-20-17-14-11-8-5-2)53-66-58(63)50-43-37-35-41-48-55(61)46-39-32-29-26-21-18-15-12-9-6-3/h17-18,20-21,28-29,31-32,40-41,45-48,56,60-61H,4-16,19,22-27,30,33-39,42-44,49-53H2,1-3H3/b20-17+,21-18+,31-28+,32-29+,47-40+,48-41+,54-45+,55-46+. The van der Waals surface area contributed by atoms with Crippen LogP contribution in [-0.2, 0) is 28.6 Å². The van der Waals surface area contributed by atoms with E-state index in [1.807, 2.05) is 24.3 Å². The highest BCUT2D eigenvalue weighted by atomic mass is 16.6. The van der Waals surface area contributed by atoms with Gasteiger partial charge in [-0.2, -0.15) is 0 Å². The van der Waals surface area contributed by atoms with Crippen LogP contribution in [0.15, 0.2) is 96.6 Å². The Morgan fingerprint density at radius 2 is 0.687 bits per heavy atom. The van der Waals surface area contributed by atoms with Gasteiger partial charge in [-0.05, 0) is 121 Å². The van der Waals surface area contributed by atoms with E-state index in [1.165, 1.54) is 103 Å². The zero-order valence-corrected chi connectivity index (χ0v) is 43.0. The van der Waals surface area contributed by atoms with Crippen LogP contribution in [0.3, 0.4) is 0 Å². The third-order valence-corrected chi connectivity index (χ3v) is 11.3. The molecule has 0 aromatic carbocycles. The van der Waals surface area contributed by atoms with E-state index in [0.717, 1.165) is 57.8 Å². The maximum atomic E-state index is 12.8. The number of allylic oxidation sites excluding steroid dienone is 14. The summed E-state index contributed by atoms with van der Waals surface area (Å²) in [4.78, 5) is 38.0. The van der Waals surface area contributed by atoms with Gasteiger partial charge in [-0.15, -0.1) is 0 Å². The lowest BCUT2D eigenvalue weighted by atomic mass is 10.0. The first-order valence-corrected chi connectivity index (χ1v) is 27.0. The fourth-order valence-corrected chi connectivity index (χ4v) is 7.14. The van der Waals surface area contributed by atoms with Crippen LogP contribution in [0.25, 0.3) is 0 Å². The van der Waals surface area contributed by atoms with E-state index < -0.39 is 18.0 Å². The number of ether oxygens (including phenoxy) is 3. The Labute approximate surface area is 410 Å². The molecule has 0 saturated heterocycles. The van der Waals surface area contributed by atoms with Gasteiger partial charge in [0.2, 0.25) is 0 Å². The molecule has 382 valence electrons. The first kappa shape index (κ1) is 62.9. The van der Waals surface area contributed by atoms with Crippen LogP contribution in [0.4, 0.5) is 0 Å². The molecule has 0 spiro atoms. The van der Waals surface area contributed by atoms with E-state index in [1.54, 1.807) is 24.3 Å². The number of carbonyl (C=O) groups is 3. The van der Waals surface area contributed by atoms with Gasteiger partial charge in [-0.3, -0.25) is 14.4 Å². The van der Waals surface area contributed by atoms with Crippen molar-refractivity contribution in [2.45, 2.75) is 245 Å². The molecule has 0 aromatic heterocycles. The van der Waals surface area contributed by atoms with Gasteiger partial charge in [0.1, 0.15) is 24.7 Å². The van der Waals surface area contributed by atoms with Crippen LogP contribution in [-0.4, -0.2) is 47.4 Å². The summed E-state index contributed by atoms with van der Waals surface area (Å²) in [6.45, 7) is 6.32. The molecule has 0 aliphatic rings. The predicted molar refractivity (Wildman–Crippen MR) is 282 cm³/mol. The molecule has 8 nitrogen and oxygen atoms in total. The van der Waals surface area contributed by atoms with Crippen LogP contribution in [0.2, 0.25) is 0 Å². The average molecular weight is 935 g/mol. The van der Waals surface area contributed by atoms with E-state index in [9.17, 15) is 24.6 Å². The van der Waals surface area contributed by atoms with Crippen molar-refractivity contribution in [3.63, 3.8) is 0 Å². The first-order chi connectivity index (χ1) is 32.8. The highest BCUT2D eigenvalue weighted by Crippen LogP contribution is 2.14. The predicted octanol–water partition coefficient (Wildman–Crippen LogP) is 17.5. The molecule has 0 aliphatic carbocycles. The largest absolute Gasteiger partial charge is 0.508 e. The maximum Gasteiger partial charge on any atom is 0.306 e. The fraction of sp³-hybridized carbons (Fsp3) is 0.678. The van der Waals surface area contributed by atoms with Crippen LogP contribution in [0.5, 0.6) is 0 Å². The Bertz CT molecular complexity index is 1330. The summed E-state index contributed by atoms with van der Waals surface area (Å²) >= 11 is 0. The smallest absolute Gasteiger partial charge is 0.306 e. The maximum absolute atomic E-state index is 12.8. The second kappa shape index (κ2) is 51.3. The van der Waals surface area contributed by atoms with Crippen molar-refractivity contribution in [1.29, 1.82) is 0 Å². The molecule has 0 atom stereocenters. The van der Waals surface area contributed by atoms with Gasteiger partial charge in [0.25, 0.3) is 0 Å². The molecule has 0 unspecified atom stereocenters. The molecule has 0 rings (SSSR count). The molecule has 0 radical (unpaired) electrons. The van der Waals surface area contributed by atoms with Gasteiger partial charge in [0, 0.05) is 19.3 Å². The van der Waals surface area contributed by atoms with Crippen molar-refractivity contribution in [3.05, 3.63) is 96.6 Å². The highest BCUT2D eigenvalue weighted by molar-refractivity contribution is 5.71. The third-order valence-electron chi connectivity index (χ3n) is 11.3. The van der Waals surface area contributed by atoms with Crippen molar-refractivity contribution >= 4 is 17.9 Å². The van der Waals surface area contributed by atoms with Gasteiger partial charge < -0.3 is 24.4 Å². The van der Waals surface area contributed by atoms with Gasteiger partial charge >= 0.3 is 17.9 Å². The Morgan fingerprint density at radius 3 is 1.12 bits per heavy atom. The van der Waals surface area contributed by atoms with E-state index in [-0.39, 0.29) is 50.0 Å². The fourth-order valence-electron chi connectivity index (χ4n) is 7.14. The Balaban J connectivity index is 4.68. The number of hydrogen-bond donors (Lipinski definition) is 2. The zero-order chi connectivity index (χ0) is 48.9. The number of esters is 3. The van der Waals surface area contributed by atoms with E-state index >= 15 is 0 Å². The molecule has 0 aliphatic heterocycles. The molecule has 8 heteroatoms. The number of aliphatic hydroxyl groups is 2. The van der Waals surface area contributed by atoms with Crippen molar-refractivity contribution in [2.75, 3.05) is 13.2 Å². The van der Waals surface area contributed by atoms with Crippen molar-refractivity contribution in [2.24, 2.45) is 0 Å². The SMILES string of the molecule is CCCCC/C=C/C/C=C/C/C=C(O)\C=C\CCCCC(=O)OCC(COC(=O)CCCC/C=C/C(O)=C\C/C=C/C/C=C/CCCCC)OC(=O)CCCCCCCCCCCCCCC. The monoisotopic (exact) mass is 935 g/mol. The number of hydrogen-bond acceptors (Lipinski definition) is 8.